The van der Waals surface area contributed by atoms with Crippen molar-refractivity contribution in [1.29, 1.82) is 0 Å². The highest BCUT2D eigenvalue weighted by Gasteiger charge is 2.39. The van der Waals surface area contributed by atoms with Crippen molar-refractivity contribution in [3.63, 3.8) is 0 Å². The molecule has 0 unspecified atom stereocenters. The van der Waals surface area contributed by atoms with Crippen LogP contribution >= 0.6 is 15.9 Å². The molecule has 0 fully saturated rings. The first-order valence-corrected chi connectivity index (χ1v) is 10.5. The van der Waals surface area contributed by atoms with E-state index in [1.54, 1.807) is 0 Å². The van der Waals surface area contributed by atoms with Crippen molar-refractivity contribution in [3.8, 4) is 11.1 Å². The van der Waals surface area contributed by atoms with E-state index in [1.165, 1.54) is 59.0 Å². The van der Waals surface area contributed by atoms with Crippen LogP contribution < -0.4 is 0 Å². The summed E-state index contributed by atoms with van der Waals surface area (Å²) in [6.45, 7) is 4.75. The number of hydrogen-bond acceptors (Lipinski definition) is 0. The van der Waals surface area contributed by atoms with E-state index in [0.717, 1.165) is 0 Å². The number of rotatable bonds is 0. The summed E-state index contributed by atoms with van der Waals surface area (Å²) in [6, 6.07) is 28.9. The van der Waals surface area contributed by atoms with Gasteiger partial charge in [-0.05, 0) is 60.6 Å². The van der Waals surface area contributed by atoms with Gasteiger partial charge in [-0.15, -0.1) is 0 Å². The zero-order valence-electron chi connectivity index (χ0n) is 15.9. The van der Waals surface area contributed by atoms with Crippen molar-refractivity contribution in [2.45, 2.75) is 19.3 Å². The highest BCUT2D eigenvalue weighted by atomic mass is 79.9. The molecule has 0 radical (unpaired) electrons. The minimum Gasteiger partial charge on any atom is -0.0616 e. The summed E-state index contributed by atoms with van der Waals surface area (Å²) in [5, 5.41) is 8.03. The minimum absolute atomic E-state index is 0.0547. The Balaban J connectivity index is 1.96. The standard InChI is InChI=1S/C27H19Br/c1-27(2)22-15-23(28)18-11-5-7-13-20(18)24(22)25-19-12-6-3-9-16(19)17-10-4-8-14-21(17)26(25)27/h3-15H,1-2H3. The molecule has 0 saturated heterocycles. The molecule has 5 aromatic rings. The Bertz CT molecular complexity index is 1440. The zero-order chi connectivity index (χ0) is 19.0. The predicted octanol–water partition coefficient (Wildman–Crippen LogP) is 8.22. The van der Waals surface area contributed by atoms with Gasteiger partial charge in [0.25, 0.3) is 0 Å². The monoisotopic (exact) mass is 422 g/mol. The van der Waals surface area contributed by atoms with Crippen molar-refractivity contribution in [3.05, 3.63) is 94.5 Å². The lowest BCUT2D eigenvalue weighted by molar-refractivity contribution is 0.666. The van der Waals surface area contributed by atoms with E-state index in [0.29, 0.717) is 0 Å². The van der Waals surface area contributed by atoms with Crippen LogP contribution in [0, 0.1) is 0 Å². The molecular weight excluding hydrogens is 404 g/mol. The SMILES string of the molecule is CC1(C)c2cc(Br)c3ccccc3c2-c2c1c1ccccc1c1ccccc21. The molecule has 0 heterocycles. The van der Waals surface area contributed by atoms with Gasteiger partial charge < -0.3 is 0 Å². The third-order valence-corrected chi connectivity index (χ3v) is 7.13. The van der Waals surface area contributed by atoms with Gasteiger partial charge in [-0.2, -0.15) is 0 Å². The van der Waals surface area contributed by atoms with Crippen molar-refractivity contribution >= 4 is 48.2 Å². The molecule has 0 nitrogen and oxygen atoms in total. The van der Waals surface area contributed by atoms with Gasteiger partial charge in [0.05, 0.1) is 0 Å². The lowest BCUT2D eigenvalue weighted by Gasteiger charge is -2.24. The number of benzene rings is 5. The number of halogens is 1. The third-order valence-electron chi connectivity index (χ3n) is 6.48. The molecule has 0 aromatic heterocycles. The maximum atomic E-state index is 3.85. The van der Waals surface area contributed by atoms with Crippen molar-refractivity contribution in [1.82, 2.24) is 0 Å². The predicted molar refractivity (Wildman–Crippen MR) is 124 cm³/mol. The molecule has 0 N–H and O–H groups in total. The van der Waals surface area contributed by atoms with Crippen LogP contribution in [-0.4, -0.2) is 0 Å². The number of fused-ring (bicyclic) bond motifs is 10. The van der Waals surface area contributed by atoms with E-state index in [2.05, 4.69) is 109 Å². The second-order valence-corrected chi connectivity index (χ2v) is 9.15. The van der Waals surface area contributed by atoms with Crippen LogP contribution in [-0.2, 0) is 5.41 Å². The molecule has 5 aromatic carbocycles. The number of hydrogen-bond donors (Lipinski definition) is 0. The maximum Gasteiger partial charge on any atom is 0.0257 e. The summed E-state index contributed by atoms with van der Waals surface area (Å²) >= 11 is 3.85. The van der Waals surface area contributed by atoms with Gasteiger partial charge in [-0.25, -0.2) is 0 Å². The van der Waals surface area contributed by atoms with Crippen LogP contribution in [0.3, 0.4) is 0 Å². The molecule has 0 bridgehead atoms. The molecule has 0 saturated carbocycles. The minimum atomic E-state index is -0.0547. The lowest BCUT2D eigenvalue weighted by Crippen LogP contribution is -2.15. The van der Waals surface area contributed by atoms with E-state index < -0.39 is 0 Å². The van der Waals surface area contributed by atoms with Crippen LogP contribution in [0.25, 0.3) is 43.4 Å². The van der Waals surface area contributed by atoms with Gasteiger partial charge in [0.15, 0.2) is 0 Å². The Morgan fingerprint density at radius 1 is 0.571 bits per heavy atom. The quantitative estimate of drug-likeness (QED) is 0.220. The summed E-state index contributed by atoms with van der Waals surface area (Å²) in [5.41, 5.74) is 5.63. The Morgan fingerprint density at radius 3 is 1.68 bits per heavy atom. The molecule has 0 amide bonds. The Hall–Kier alpha value is -2.64. The van der Waals surface area contributed by atoms with Crippen molar-refractivity contribution in [2.24, 2.45) is 0 Å². The molecule has 134 valence electrons. The van der Waals surface area contributed by atoms with Gasteiger partial charge in [-0.3, -0.25) is 0 Å². The smallest absolute Gasteiger partial charge is 0.0257 e. The lowest BCUT2D eigenvalue weighted by atomic mass is 9.79. The van der Waals surface area contributed by atoms with Crippen LogP contribution in [0.2, 0.25) is 0 Å². The molecule has 0 atom stereocenters. The second-order valence-electron chi connectivity index (χ2n) is 8.29. The molecule has 0 aliphatic heterocycles. The van der Waals surface area contributed by atoms with Crippen molar-refractivity contribution < 1.29 is 0 Å². The molecule has 28 heavy (non-hydrogen) atoms. The Labute approximate surface area is 172 Å². The van der Waals surface area contributed by atoms with Crippen LogP contribution in [0.4, 0.5) is 0 Å². The fourth-order valence-corrected chi connectivity index (χ4v) is 5.85. The van der Waals surface area contributed by atoms with E-state index >= 15 is 0 Å². The average molecular weight is 423 g/mol. The molecule has 1 heteroatoms. The fourth-order valence-electron chi connectivity index (χ4n) is 5.28. The van der Waals surface area contributed by atoms with Crippen LogP contribution in [0.5, 0.6) is 0 Å². The Morgan fingerprint density at radius 2 is 1.04 bits per heavy atom. The molecule has 1 aliphatic rings. The van der Waals surface area contributed by atoms with E-state index in [4.69, 9.17) is 0 Å². The third kappa shape index (κ3) is 1.90. The molecule has 0 spiro atoms. The first kappa shape index (κ1) is 16.3. The fraction of sp³-hybridized carbons (Fsp3) is 0.111. The molecule has 1 aliphatic carbocycles. The summed E-state index contributed by atoms with van der Waals surface area (Å²) < 4.78 is 1.18. The van der Waals surface area contributed by atoms with Crippen LogP contribution in [0.1, 0.15) is 25.0 Å². The highest BCUT2D eigenvalue weighted by molar-refractivity contribution is 9.10. The maximum absolute atomic E-state index is 3.85. The normalized spacial score (nSPS) is 14.5. The Kier molecular flexibility index (Phi) is 3.18. The van der Waals surface area contributed by atoms with E-state index in [-0.39, 0.29) is 5.41 Å². The zero-order valence-corrected chi connectivity index (χ0v) is 17.5. The second kappa shape index (κ2) is 5.46. The van der Waals surface area contributed by atoms with Crippen LogP contribution in [0.15, 0.2) is 83.3 Å². The van der Waals surface area contributed by atoms with Gasteiger partial charge in [0.2, 0.25) is 0 Å². The van der Waals surface area contributed by atoms with Gasteiger partial charge in [0, 0.05) is 9.89 Å². The summed E-state index contributed by atoms with van der Waals surface area (Å²) in [5.74, 6) is 0. The van der Waals surface area contributed by atoms with Gasteiger partial charge in [0.1, 0.15) is 0 Å². The first-order valence-electron chi connectivity index (χ1n) is 9.75. The summed E-state index contributed by atoms with van der Waals surface area (Å²) in [6.07, 6.45) is 0. The van der Waals surface area contributed by atoms with Crippen molar-refractivity contribution in [2.75, 3.05) is 0 Å². The topological polar surface area (TPSA) is 0 Å². The molecule has 6 rings (SSSR count). The summed E-state index contributed by atoms with van der Waals surface area (Å²) in [7, 11) is 0. The van der Waals surface area contributed by atoms with Gasteiger partial charge in [-0.1, -0.05) is 103 Å². The van der Waals surface area contributed by atoms with E-state index in [9.17, 15) is 0 Å². The highest BCUT2D eigenvalue weighted by Crippen LogP contribution is 2.57. The first-order chi connectivity index (χ1) is 13.6. The largest absolute Gasteiger partial charge is 0.0616 e. The summed E-state index contributed by atoms with van der Waals surface area (Å²) in [4.78, 5) is 0. The average Bonchev–Trinajstić information content (AvgIpc) is 2.96. The molecular formula is C27H19Br. The van der Waals surface area contributed by atoms with Gasteiger partial charge >= 0.3 is 0 Å². The van der Waals surface area contributed by atoms with E-state index in [1.807, 2.05) is 0 Å².